The average Bonchev–Trinajstić information content (AvgIpc) is 3.35. The van der Waals surface area contributed by atoms with Crippen molar-refractivity contribution < 1.29 is 4.48 Å². The van der Waals surface area contributed by atoms with Gasteiger partial charge in [0.25, 0.3) is 0 Å². The van der Waals surface area contributed by atoms with Crippen LogP contribution in [0.3, 0.4) is 0 Å². The van der Waals surface area contributed by atoms with Crippen LogP contribution in [0.5, 0.6) is 0 Å². The van der Waals surface area contributed by atoms with Gasteiger partial charge in [-0.25, -0.2) is 0 Å². The lowest BCUT2D eigenvalue weighted by atomic mass is 9.71. The third kappa shape index (κ3) is 5.08. The summed E-state index contributed by atoms with van der Waals surface area (Å²) in [5.74, 6) is 2.05. The molecule has 0 radical (unpaired) electrons. The van der Waals surface area contributed by atoms with E-state index in [0.717, 1.165) is 35.0 Å². The second-order valence-corrected chi connectivity index (χ2v) is 12.1. The number of benzene rings is 3. The quantitative estimate of drug-likeness (QED) is 0.200. The van der Waals surface area contributed by atoms with Gasteiger partial charge in [0.1, 0.15) is 12.0 Å². The van der Waals surface area contributed by atoms with Crippen molar-refractivity contribution in [3.05, 3.63) is 118 Å². The highest BCUT2D eigenvalue weighted by atomic mass is 79.9. The Labute approximate surface area is 225 Å². The van der Waals surface area contributed by atoms with Gasteiger partial charge in [-0.15, -0.1) is 0 Å². The Morgan fingerprint density at radius 1 is 0.917 bits per heavy atom. The fourth-order valence-corrected chi connectivity index (χ4v) is 6.97. The topological polar surface area (TPSA) is 23.8 Å². The predicted octanol–water partition coefficient (Wildman–Crippen LogP) is 7.90. The summed E-state index contributed by atoms with van der Waals surface area (Å²) in [5.41, 5.74) is 4.50. The zero-order valence-electron chi connectivity index (χ0n) is 21.4. The van der Waals surface area contributed by atoms with Crippen molar-refractivity contribution in [3.63, 3.8) is 0 Å². The maximum absolute atomic E-state index is 10.6. The smallest absolute Gasteiger partial charge is 0.107 e. The van der Waals surface area contributed by atoms with Crippen LogP contribution in [0.1, 0.15) is 43.4 Å². The number of allylic oxidation sites excluding steroid dienone is 1. The Bertz CT molecular complexity index is 1180. The number of halogens is 1. The van der Waals surface area contributed by atoms with E-state index in [-0.39, 0.29) is 0 Å². The van der Waals surface area contributed by atoms with E-state index in [9.17, 15) is 5.26 Å². The van der Waals surface area contributed by atoms with E-state index in [1.165, 1.54) is 35.3 Å². The molecule has 0 amide bonds. The van der Waals surface area contributed by atoms with Gasteiger partial charge in [-0.3, -0.25) is 0 Å². The Balaban J connectivity index is 1.37. The van der Waals surface area contributed by atoms with E-state index in [0.29, 0.717) is 17.8 Å². The first-order chi connectivity index (χ1) is 17.4. The van der Waals surface area contributed by atoms with Gasteiger partial charge in [0, 0.05) is 28.3 Å². The summed E-state index contributed by atoms with van der Waals surface area (Å²) in [6.45, 7) is 9.16. The molecule has 3 aromatic rings. The second kappa shape index (κ2) is 10.4. The number of fused-ring (bicyclic) bond motifs is 1. The monoisotopic (exact) mass is 539 g/mol. The van der Waals surface area contributed by atoms with Crippen LogP contribution in [-0.4, -0.2) is 24.1 Å². The van der Waals surface area contributed by atoms with Gasteiger partial charge in [-0.05, 0) is 49.4 Å². The van der Waals surface area contributed by atoms with Crippen molar-refractivity contribution in [2.75, 3.05) is 19.6 Å². The molecule has 3 aromatic carbocycles. The second-order valence-electron chi connectivity index (χ2n) is 11.2. The van der Waals surface area contributed by atoms with Crippen LogP contribution >= 0.6 is 15.9 Å². The summed E-state index contributed by atoms with van der Waals surface area (Å²) in [6, 6.07) is 32.6. The molecule has 2 unspecified atom stereocenters. The number of hydrogen-bond acceptors (Lipinski definition) is 1. The SMILES string of the molecule is CC(C)=CCC[N+]1(Cc2ccc(Br)cc2)CC2C(CC(C#N)(c3ccccc3)c3ccccc3)C2C1. The van der Waals surface area contributed by atoms with E-state index in [1.807, 2.05) is 12.1 Å². The van der Waals surface area contributed by atoms with Gasteiger partial charge in [0.05, 0.1) is 25.7 Å². The molecule has 2 fully saturated rings. The number of piperidine rings is 1. The molecule has 36 heavy (non-hydrogen) atoms. The highest BCUT2D eigenvalue weighted by Gasteiger charge is 2.64. The molecule has 1 aliphatic carbocycles. The number of nitrogens with zero attached hydrogens (tertiary/aromatic N) is 2. The molecular weight excluding hydrogens is 504 g/mol. The van der Waals surface area contributed by atoms with Crippen molar-refractivity contribution in [1.82, 2.24) is 0 Å². The molecule has 0 aromatic heterocycles. The van der Waals surface area contributed by atoms with E-state index in [1.54, 1.807) is 0 Å². The van der Waals surface area contributed by atoms with Crippen molar-refractivity contribution >= 4 is 15.9 Å². The standard InChI is InChI=1S/C33H36BrN2/c1-25(2)10-9-19-36(21-26-15-17-29(34)18-16-26)22-31-30(32(31)23-36)20-33(24-35,27-11-5-3-6-12-27)28-13-7-4-8-14-28/h3-8,10-18,30-32H,9,19-23H2,1-2H3/q+1. The maximum Gasteiger partial charge on any atom is 0.107 e. The van der Waals surface area contributed by atoms with Crippen LogP contribution < -0.4 is 0 Å². The van der Waals surface area contributed by atoms with Crippen LogP contribution in [0.2, 0.25) is 0 Å². The van der Waals surface area contributed by atoms with Gasteiger partial charge >= 0.3 is 0 Å². The Morgan fingerprint density at radius 2 is 1.47 bits per heavy atom. The molecule has 2 atom stereocenters. The molecule has 0 bridgehead atoms. The molecule has 1 saturated heterocycles. The maximum atomic E-state index is 10.6. The largest absolute Gasteiger partial charge is 0.319 e. The minimum Gasteiger partial charge on any atom is -0.319 e. The predicted molar refractivity (Wildman–Crippen MR) is 151 cm³/mol. The number of quaternary nitrogens is 1. The Hall–Kier alpha value is -2.67. The molecule has 184 valence electrons. The average molecular weight is 541 g/mol. The van der Waals surface area contributed by atoms with Gasteiger partial charge in [0.2, 0.25) is 0 Å². The van der Waals surface area contributed by atoms with E-state index >= 15 is 0 Å². The van der Waals surface area contributed by atoms with Gasteiger partial charge in [-0.2, -0.15) is 5.26 Å². The van der Waals surface area contributed by atoms with Crippen molar-refractivity contribution in [3.8, 4) is 6.07 Å². The number of nitriles is 1. The molecule has 2 nitrogen and oxygen atoms in total. The first-order valence-electron chi connectivity index (χ1n) is 13.2. The number of likely N-dealkylation sites (tertiary alicyclic amines) is 1. The minimum absolute atomic E-state index is 0.582. The lowest BCUT2D eigenvalue weighted by Gasteiger charge is -2.38. The first kappa shape index (κ1) is 25.0. The summed E-state index contributed by atoms with van der Waals surface area (Å²) in [4.78, 5) is 0. The molecule has 2 aliphatic rings. The number of rotatable bonds is 9. The highest BCUT2D eigenvalue weighted by molar-refractivity contribution is 9.10. The van der Waals surface area contributed by atoms with Crippen LogP contribution in [0.4, 0.5) is 0 Å². The van der Waals surface area contributed by atoms with E-state index < -0.39 is 5.41 Å². The Morgan fingerprint density at radius 3 is 1.97 bits per heavy atom. The van der Waals surface area contributed by atoms with Crippen molar-refractivity contribution in [2.45, 2.75) is 38.6 Å². The summed E-state index contributed by atoms with van der Waals surface area (Å²) in [7, 11) is 0. The normalized spacial score (nSPS) is 24.6. The summed E-state index contributed by atoms with van der Waals surface area (Å²) in [5, 5.41) is 10.6. The fraction of sp³-hybridized carbons (Fsp3) is 0.364. The van der Waals surface area contributed by atoms with Crippen LogP contribution in [-0.2, 0) is 12.0 Å². The minimum atomic E-state index is -0.582. The first-order valence-corrected chi connectivity index (χ1v) is 14.0. The zero-order chi connectivity index (χ0) is 25.2. The Kier molecular flexibility index (Phi) is 7.20. The molecule has 5 rings (SSSR count). The van der Waals surface area contributed by atoms with Gasteiger partial charge < -0.3 is 4.48 Å². The molecule has 0 spiro atoms. The fourth-order valence-electron chi connectivity index (χ4n) is 6.71. The highest BCUT2D eigenvalue weighted by Crippen LogP contribution is 2.60. The summed E-state index contributed by atoms with van der Waals surface area (Å²) in [6.07, 6.45) is 4.45. The molecular formula is C33H36BrN2+. The lowest BCUT2D eigenvalue weighted by Crippen LogP contribution is -2.48. The van der Waals surface area contributed by atoms with Crippen LogP contribution in [0.15, 0.2) is 101 Å². The molecule has 3 heteroatoms. The van der Waals surface area contributed by atoms with Crippen molar-refractivity contribution in [1.29, 1.82) is 5.26 Å². The van der Waals surface area contributed by atoms with Gasteiger partial charge in [0.15, 0.2) is 0 Å². The molecule has 0 N–H and O–H groups in total. The number of hydrogen-bond donors (Lipinski definition) is 0. The third-order valence-electron chi connectivity index (χ3n) is 8.56. The lowest BCUT2D eigenvalue weighted by molar-refractivity contribution is -0.934. The third-order valence-corrected chi connectivity index (χ3v) is 9.09. The molecule has 1 saturated carbocycles. The summed E-state index contributed by atoms with van der Waals surface area (Å²) < 4.78 is 2.31. The van der Waals surface area contributed by atoms with Crippen LogP contribution in [0, 0.1) is 29.1 Å². The van der Waals surface area contributed by atoms with E-state index in [4.69, 9.17) is 0 Å². The zero-order valence-corrected chi connectivity index (χ0v) is 23.0. The summed E-state index contributed by atoms with van der Waals surface area (Å²) >= 11 is 3.59. The van der Waals surface area contributed by atoms with Crippen LogP contribution in [0.25, 0.3) is 0 Å². The van der Waals surface area contributed by atoms with Crippen molar-refractivity contribution in [2.24, 2.45) is 17.8 Å². The van der Waals surface area contributed by atoms with Gasteiger partial charge in [-0.1, -0.05) is 100 Å². The molecule has 1 heterocycles. The van der Waals surface area contributed by atoms with E-state index in [2.05, 4.69) is 115 Å². The molecule has 1 aliphatic heterocycles.